The first-order chi connectivity index (χ1) is 7.68. The number of hydrogen-bond acceptors (Lipinski definition) is 1. The van der Waals surface area contributed by atoms with E-state index in [1.807, 2.05) is 6.07 Å². The molecule has 0 aliphatic heterocycles. The molecule has 2 N–H and O–H groups in total. The summed E-state index contributed by atoms with van der Waals surface area (Å²) in [5.74, 6) is -1.33. The molecule has 1 aromatic carbocycles. The van der Waals surface area contributed by atoms with E-state index in [-0.39, 0.29) is 17.7 Å². The number of aromatic nitrogens is 1. The highest BCUT2D eigenvalue weighted by Crippen LogP contribution is 2.49. The van der Waals surface area contributed by atoms with Crippen molar-refractivity contribution < 1.29 is 14.3 Å². The fourth-order valence-electron chi connectivity index (χ4n) is 2.26. The molecule has 3 nitrogen and oxygen atoms in total. The average Bonchev–Trinajstić information content (AvgIpc) is 2.93. The summed E-state index contributed by atoms with van der Waals surface area (Å²) >= 11 is 0. The van der Waals surface area contributed by atoms with Gasteiger partial charge in [-0.15, -0.1) is 0 Å². The molecule has 2 atom stereocenters. The first kappa shape index (κ1) is 9.39. The summed E-state index contributed by atoms with van der Waals surface area (Å²) in [6.45, 7) is 0. The topological polar surface area (TPSA) is 53.1 Å². The summed E-state index contributed by atoms with van der Waals surface area (Å²) < 4.78 is 13.4. The van der Waals surface area contributed by atoms with E-state index in [2.05, 4.69) is 4.98 Å². The molecule has 1 aliphatic carbocycles. The summed E-state index contributed by atoms with van der Waals surface area (Å²) in [6.07, 6.45) is 2.38. The van der Waals surface area contributed by atoms with Crippen molar-refractivity contribution in [2.24, 2.45) is 5.92 Å². The fraction of sp³-hybridized carbons (Fsp3) is 0.250. The third-order valence-electron chi connectivity index (χ3n) is 3.20. The zero-order valence-electron chi connectivity index (χ0n) is 8.40. The molecule has 2 unspecified atom stereocenters. The second-order valence-electron chi connectivity index (χ2n) is 4.19. The van der Waals surface area contributed by atoms with E-state index in [1.54, 1.807) is 12.3 Å². The summed E-state index contributed by atoms with van der Waals surface area (Å²) in [4.78, 5) is 13.7. The van der Waals surface area contributed by atoms with Crippen molar-refractivity contribution in [3.63, 3.8) is 0 Å². The van der Waals surface area contributed by atoms with E-state index in [0.29, 0.717) is 11.9 Å². The van der Waals surface area contributed by atoms with Crippen molar-refractivity contribution in [1.29, 1.82) is 0 Å². The quantitative estimate of drug-likeness (QED) is 0.815. The molecule has 1 heterocycles. The van der Waals surface area contributed by atoms with Crippen LogP contribution in [0.15, 0.2) is 24.4 Å². The van der Waals surface area contributed by atoms with Crippen LogP contribution < -0.4 is 0 Å². The Kier molecular flexibility index (Phi) is 1.80. The van der Waals surface area contributed by atoms with Crippen molar-refractivity contribution in [3.8, 4) is 0 Å². The molecule has 0 spiro atoms. The summed E-state index contributed by atoms with van der Waals surface area (Å²) in [6, 6.07) is 4.86. The van der Waals surface area contributed by atoms with Crippen molar-refractivity contribution >= 4 is 16.9 Å². The third kappa shape index (κ3) is 1.23. The van der Waals surface area contributed by atoms with Crippen LogP contribution in [0.5, 0.6) is 0 Å². The number of carboxylic acids is 1. The Balaban J connectivity index is 2.07. The molecule has 82 valence electrons. The van der Waals surface area contributed by atoms with E-state index in [1.165, 1.54) is 6.07 Å². The fourth-order valence-corrected chi connectivity index (χ4v) is 2.26. The van der Waals surface area contributed by atoms with Gasteiger partial charge in [-0.25, -0.2) is 4.39 Å². The number of rotatable bonds is 2. The first-order valence-electron chi connectivity index (χ1n) is 5.17. The molecule has 1 aromatic heterocycles. The number of carboxylic acid groups (broad SMARTS) is 1. The molecule has 4 heteroatoms. The van der Waals surface area contributed by atoms with Gasteiger partial charge in [0.25, 0.3) is 0 Å². The molecule has 0 radical (unpaired) electrons. The first-order valence-corrected chi connectivity index (χ1v) is 5.17. The number of aromatic amines is 1. The van der Waals surface area contributed by atoms with Gasteiger partial charge in [0, 0.05) is 17.5 Å². The highest BCUT2D eigenvalue weighted by atomic mass is 19.1. The maximum absolute atomic E-state index is 13.4. The Hall–Kier alpha value is -1.84. The van der Waals surface area contributed by atoms with Gasteiger partial charge in [0.1, 0.15) is 5.82 Å². The molecule has 0 saturated heterocycles. The van der Waals surface area contributed by atoms with Crippen LogP contribution in [-0.4, -0.2) is 16.1 Å². The number of para-hydroxylation sites is 1. The van der Waals surface area contributed by atoms with Crippen LogP contribution in [0.25, 0.3) is 10.9 Å². The lowest BCUT2D eigenvalue weighted by Crippen LogP contribution is -1.98. The van der Waals surface area contributed by atoms with Crippen LogP contribution in [0.2, 0.25) is 0 Å². The van der Waals surface area contributed by atoms with Crippen molar-refractivity contribution in [1.82, 2.24) is 4.98 Å². The van der Waals surface area contributed by atoms with Gasteiger partial charge >= 0.3 is 5.97 Å². The summed E-state index contributed by atoms with van der Waals surface area (Å²) in [5.41, 5.74) is 1.38. The van der Waals surface area contributed by atoms with E-state index in [4.69, 9.17) is 5.11 Å². The number of hydrogen-bond donors (Lipinski definition) is 2. The van der Waals surface area contributed by atoms with Gasteiger partial charge in [0.15, 0.2) is 0 Å². The Bertz CT molecular complexity index is 575. The lowest BCUT2D eigenvalue weighted by Gasteiger charge is -1.96. The SMILES string of the molecule is O=C(O)C1CC1c1c[nH]c2c(F)cccc12. The largest absolute Gasteiger partial charge is 0.481 e. The second kappa shape index (κ2) is 3.07. The molecule has 2 aromatic rings. The highest BCUT2D eigenvalue weighted by Gasteiger charge is 2.45. The third-order valence-corrected chi connectivity index (χ3v) is 3.20. The van der Waals surface area contributed by atoms with E-state index >= 15 is 0 Å². The molecule has 0 bridgehead atoms. The van der Waals surface area contributed by atoms with E-state index in [0.717, 1.165) is 10.9 Å². The van der Waals surface area contributed by atoms with E-state index in [9.17, 15) is 9.18 Å². The molecule has 1 fully saturated rings. The van der Waals surface area contributed by atoms with Gasteiger partial charge in [-0.1, -0.05) is 12.1 Å². The highest BCUT2D eigenvalue weighted by molar-refractivity contribution is 5.86. The zero-order valence-corrected chi connectivity index (χ0v) is 8.40. The predicted molar refractivity (Wildman–Crippen MR) is 56.7 cm³/mol. The number of H-pyrrole nitrogens is 1. The average molecular weight is 219 g/mol. The molecule has 1 saturated carbocycles. The number of halogens is 1. The number of benzene rings is 1. The molecule has 1 aliphatic rings. The molecular formula is C12H10FNO2. The number of fused-ring (bicyclic) bond motifs is 1. The van der Waals surface area contributed by atoms with Crippen molar-refractivity contribution in [2.75, 3.05) is 0 Å². The Labute approximate surface area is 90.9 Å². The Morgan fingerprint density at radius 3 is 3.00 bits per heavy atom. The lowest BCUT2D eigenvalue weighted by molar-refractivity contribution is -0.138. The number of carbonyl (C=O) groups is 1. The number of nitrogens with one attached hydrogen (secondary N) is 1. The van der Waals surface area contributed by atoms with Gasteiger partial charge in [0.2, 0.25) is 0 Å². The van der Waals surface area contributed by atoms with Crippen LogP contribution in [0.3, 0.4) is 0 Å². The van der Waals surface area contributed by atoms with Crippen LogP contribution >= 0.6 is 0 Å². The normalized spacial score (nSPS) is 23.6. The van der Waals surface area contributed by atoms with Crippen molar-refractivity contribution in [3.05, 3.63) is 35.8 Å². The minimum absolute atomic E-state index is 0.0352. The minimum atomic E-state index is -0.768. The maximum Gasteiger partial charge on any atom is 0.307 e. The molecule has 3 rings (SSSR count). The smallest absolute Gasteiger partial charge is 0.307 e. The van der Waals surface area contributed by atoms with E-state index < -0.39 is 5.97 Å². The molecular weight excluding hydrogens is 209 g/mol. The van der Waals surface area contributed by atoms with Gasteiger partial charge < -0.3 is 10.1 Å². The number of aliphatic carboxylic acids is 1. The summed E-state index contributed by atoms with van der Waals surface area (Å²) in [5, 5.41) is 9.66. The second-order valence-corrected chi connectivity index (χ2v) is 4.19. The predicted octanol–water partition coefficient (Wildman–Crippen LogP) is 2.50. The van der Waals surface area contributed by atoms with Gasteiger partial charge in [0.05, 0.1) is 11.4 Å². The van der Waals surface area contributed by atoms with Crippen LogP contribution in [0, 0.1) is 11.7 Å². The van der Waals surface area contributed by atoms with Gasteiger partial charge in [-0.05, 0) is 18.1 Å². The summed E-state index contributed by atoms with van der Waals surface area (Å²) in [7, 11) is 0. The standard InChI is InChI=1S/C12H10FNO2/c13-10-3-1-2-6-9(5-14-11(6)10)7-4-8(7)12(15)16/h1-3,5,7-8,14H,4H2,(H,15,16). The van der Waals surface area contributed by atoms with Gasteiger partial charge in [-0.3, -0.25) is 4.79 Å². The van der Waals surface area contributed by atoms with Crippen LogP contribution in [0.4, 0.5) is 4.39 Å². The maximum atomic E-state index is 13.4. The van der Waals surface area contributed by atoms with Crippen LogP contribution in [-0.2, 0) is 4.79 Å². The molecule has 16 heavy (non-hydrogen) atoms. The Morgan fingerprint density at radius 2 is 2.31 bits per heavy atom. The van der Waals surface area contributed by atoms with Gasteiger partial charge in [-0.2, -0.15) is 0 Å². The van der Waals surface area contributed by atoms with Crippen molar-refractivity contribution in [2.45, 2.75) is 12.3 Å². The Morgan fingerprint density at radius 1 is 1.50 bits per heavy atom. The van der Waals surface area contributed by atoms with Crippen LogP contribution in [0.1, 0.15) is 17.9 Å². The lowest BCUT2D eigenvalue weighted by atomic mass is 10.1. The monoisotopic (exact) mass is 219 g/mol. The minimum Gasteiger partial charge on any atom is -0.481 e. The zero-order chi connectivity index (χ0) is 11.3. The molecule has 0 amide bonds.